The molecule has 122 valence electrons. The molecule has 1 aromatic heterocycles. The van der Waals surface area contributed by atoms with Gasteiger partial charge in [-0.25, -0.2) is 4.98 Å². The number of fused-ring (bicyclic) bond motifs is 2. The largest absolute Gasteiger partial charge is 0.364 e. The van der Waals surface area contributed by atoms with E-state index in [0.717, 1.165) is 27.3 Å². The first-order valence-corrected chi connectivity index (χ1v) is 8.86. The van der Waals surface area contributed by atoms with E-state index in [-0.39, 0.29) is 18.6 Å². The second kappa shape index (κ2) is 6.34. The maximum absolute atomic E-state index is 12.6. The molecule has 3 aromatic rings. The molecule has 0 aliphatic carbocycles. The molecule has 4 nitrogen and oxygen atoms in total. The summed E-state index contributed by atoms with van der Waals surface area (Å²) in [4.78, 5) is 18.9. The Morgan fingerprint density at radius 3 is 2.92 bits per heavy atom. The number of hydrogen-bond donors (Lipinski definition) is 0. The highest BCUT2D eigenvalue weighted by molar-refractivity contribution is 7.18. The Kier molecular flexibility index (Phi) is 4.04. The average Bonchev–Trinajstić information content (AvgIpc) is 3.13. The molecule has 0 bridgehead atoms. The standard InChI is InChI=1S/C19H18N2O2S/c1-13-10-14-6-2-4-8-16(14)21(13)19(22)12-23-11-18-20-15-7-3-5-9-17(15)24-18/h2-9,13H,10-12H2,1H3. The lowest BCUT2D eigenvalue weighted by Gasteiger charge is -2.22. The van der Waals surface area contributed by atoms with Gasteiger partial charge in [-0.1, -0.05) is 30.3 Å². The van der Waals surface area contributed by atoms with Crippen molar-refractivity contribution in [3.8, 4) is 0 Å². The number of carbonyl (C=O) groups is 1. The van der Waals surface area contributed by atoms with E-state index in [4.69, 9.17) is 4.74 Å². The highest BCUT2D eigenvalue weighted by atomic mass is 32.1. The quantitative estimate of drug-likeness (QED) is 0.727. The predicted molar refractivity (Wildman–Crippen MR) is 96.4 cm³/mol. The number of benzene rings is 2. The van der Waals surface area contributed by atoms with E-state index in [1.807, 2.05) is 47.4 Å². The van der Waals surface area contributed by atoms with Crippen LogP contribution in [0.15, 0.2) is 48.5 Å². The van der Waals surface area contributed by atoms with Gasteiger partial charge in [0.05, 0.1) is 16.8 Å². The first-order chi connectivity index (χ1) is 11.7. The lowest BCUT2D eigenvalue weighted by molar-refractivity contribution is -0.123. The fourth-order valence-corrected chi connectivity index (χ4v) is 4.13. The van der Waals surface area contributed by atoms with Crippen LogP contribution in [0.5, 0.6) is 0 Å². The number of aromatic nitrogens is 1. The van der Waals surface area contributed by atoms with E-state index >= 15 is 0 Å². The first kappa shape index (κ1) is 15.3. The van der Waals surface area contributed by atoms with E-state index in [2.05, 4.69) is 18.0 Å². The average molecular weight is 338 g/mol. The number of ether oxygens (including phenoxy) is 1. The molecule has 0 N–H and O–H groups in total. The Morgan fingerprint density at radius 2 is 2.04 bits per heavy atom. The Labute approximate surface area is 144 Å². The van der Waals surface area contributed by atoms with Crippen molar-refractivity contribution < 1.29 is 9.53 Å². The van der Waals surface area contributed by atoms with Crippen molar-refractivity contribution in [2.75, 3.05) is 11.5 Å². The second-order valence-electron chi connectivity index (χ2n) is 6.01. The molecule has 1 unspecified atom stereocenters. The maximum atomic E-state index is 12.6. The van der Waals surface area contributed by atoms with E-state index in [0.29, 0.717) is 6.61 Å². The van der Waals surface area contributed by atoms with Crippen molar-refractivity contribution in [1.29, 1.82) is 0 Å². The number of amides is 1. The molecule has 2 aromatic carbocycles. The van der Waals surface area contributed by atoms with Crippen molar-refractivity contribution in [3.63, 3.8) is 0 Å². The Morgan fingerprint density at radius 1 is 1.25 bits per heavy atom. The second-order valence-corrected chi connectivity index (χ2v) is 7.13. The van der Waals surface area contributed by atoms with Crippen LogP contribution < -0.4 is 4.90 Å². The SMILES string of the molecule is CC1Cc2ccccc2N1C(=O)COCc1nc2ccccc2s1. The number of rotatable bonds is 4. The van der Waals surface area contributed by atoms with Gasteiger partial charge in [-0.15, -0.1) is 11.3 Å². The summed E-state index contributed by atoms with van der Waals surface area (Å²) < 4.78 is 6.79. The summed E-state index contributed by atoms with van der Waals surface area (Å²) in [5, 5.41) is 0.902. The molecule has 0 fully saturated rings. The number of para-hydroxylation sites is 2. The van der Waals surface area contributed by atoms with Crippen LogP contribution in [0.3, 0.4) is 0 Å². The van der Waals surface area contributed by atoms with E-state index < -0.39 is 0 Å². The van der Waals surface area contributed by atoms with Gasteiger partial charge in [0.2, 0.25) is 0 Å². The monoisotopic (exact) mass is 338 g/mol. The summed E-state index contributed by atoms with van der Waals surface area (Å²) >= 11 is 1.61. The van der Waals surface area contributed by atoms with Gasteiger partial charge < -0.3 is 9.64 Å². The van der Waals surface area contributed by atoms with Gasteiger partial charge in [0.1, 0.15) is 11.6 Å². The van der Waals surface area contributed by atoms with Gasteiger partial charge in [-0.05, 0) is 37.1 Å². The van der Waals surface area contributed by atoms with Crippen LogP contribution in [0.2, 0.25) is 0 Å². The number of carbonyl (C=O) groups excluding carboxylic acids is 1. The predicted octanol–water partition coefficient (Wildman–Crippen LogP) is 3.79. The van der Waals surface area contributed by atoms with Crippen LogP contribution >= 0.6 is 11.3 Å². The van der Waals surface area contributed by atoms with Gasteiger partial charge in [0, 0.05) is 11.7 Å². The number of nitrogens with zero attached hydrogens (tertiary/aromatic N) is 2. The van der Waals surface area contributed by atoms with Crippen molar-refractivity contribution >= 4 is 33.1 Å². The molecule has 1 aliphatic rings. The Hall–Kier alpha value is -2.24. The number of anilines is 1. The third-order valence-electron chi connectivity index (χ3n) is 4.27. The summed E-state index contributed by atoms with van der Waals surface area (Å²) in [6, 6.07) is 16.3. The number of thiazole rings is 1. The minimum atomic E-state index is 0.00793. The maximum Gasteiger partial charge on any atom is 0.253 e. The highest BCUT2D eigenvalue weighted by Gasteiger charge is 2.30. The topological polar surface area (TPSA) is 42.4 Å². The molecule has 0 radical (unpaired) electrons. The van der Waals surface area contributed by atoms with Crippen LogP contribution in [0.1, 0.15) is 17.5 Å². The smallest absolute Gasteiger partial charge is 0.253 e. The van der Waals surface area contributed by atoms with Gasteiger partial charge in [0.25, 0.3) is 5.91 Å². The molecular formula is C19H18N2O2S. The molecule has 24 heavy (non-hydrogen) atoms. The molecule has 1 atom stereocenters. The zero-order valence-electron chi connectivity index (χ0n) is 13.4. The minimum Gasteiger partial charge on any atom is -0.364 e. The van der Waals surface area contributed by atoms with Crippen molar-refractivity contribution in [1.82, 2.24) is 4.98 Å². The Bertz CT molecular complexity index is 857. The first-order valence-electron chi connectivity index (χ1n) is 8.04. The third-order valence-corrected chi connectivity index (χ3v) is 5.28. The molecule has 0 saturated carbocycles. The molecule has 2 heterocycles. The van der Waals surface area contributed by atoms with Crippen molar-refractivity contribution in [3.05, 3.63) is 59.1 Å². The summed E-state index contributed by atoms with van der Waals surface area (Å²) in [7, 11) is 0. The Balaban J connectivity index is 1.40. The van der Waals surface area contributed by atoms with Crippen molar-refractivity contribution in [2.24, 2.45) is 0 Å². The molecular weight excluding hydrogens is 320 g/mol. The van der Waals surface area contributed by atoms with Crippen LogP contribution in [0.4, 0.5) is 5.69 Å². The fraction of sp³-hybridized carbons (Fsp3) is 0.263. The third kappa shape index (κ3) is 2.81. The zero-order chi connectivity index (χ0) is 16.5. The normalized spacial score (nSPS) is 16.5. The fourth-order valence-electron chi connectivity index (χ4n) is 3.22. The minimum absolute atomic E-state index is 0.00793. The van der Waals surface area contributed by atoms with Crippen molar-refractivity contribution in [2.45, 2.75) is 26.0 Å². The van der Waals surface area contributed by atoms with E-state index in [1.165, 1.54) is 5.56 Å². The highest BCUT2D eigenvalue weighted by Crippen LogP contribution is 2.31. The molecule has 5 heteroatoms. The summed E-state index contributed by atoms with van der Waals surface area (Å²) in [5.74, 6) is 0.00793. The van der Waals surface area contributed by atoms with Crippen LogP contribution in [-0.2, 0) is 22.6 Å². The summed E-state index contributed by atoms with van der Waals surface area (Å²) in [5.41, 5.74) is 3.22. The summed E-state index contributed by atoms with van der Waals surface area (Å²) in [6.07, 6.45) is 0.903. The van der Waals surface area contributed by atoms with Gasteiger partial charge in [0.15, 0.2) is 0 Å². The van der Waals surface area contributed by atoms with Crippen LogP contribution in [0.25, 0.3) is 10.2 Å². The molecule has 4 rings (SSSR count). The van der Waals surface area contributed by atoms with Crippen LogP contribution in [-0.4, -0.2) is 23.5 Å². The van der Waals surface area contributed by atoms with E-state index in [1.54, 1.807) is 11.3 Å². The zero-order valence-corrected chi connectivity index (χ0v) is 14.3. The summed E-state index contributed by atoms with van der Waals surface area (Å²) in [6.45, 7) is 2.52. The lowest BCUT2D eigenvalue weighted by atomic mass is 10.1. The van der Waals surface area contributed by atoms with Gasteiger partial charge >= 0.3 is 0 Å². The van der Waals surface area contributed by atoms with Gasteiger partial charge in [-0.3, -0.25) is 4.79 Å². The molecule has 1 amide bonds. The number of hydrogen-bond acceptors (Lipinski definition) is 4. The van der Waals surface area contributed by atoms with E-state index in [9.17, 15) is 4.79 Å². The van der Waals surface area contributed by atoms with Gasteiger partial charge in [-0.2, -0.15) is 0 Å². The van der Waals surface area contributed by atoms with Crippen LogP contribution in [0, 0.1) is 0 Å². The lowest BCUT2D eigenvalue weighted by Crippen LogP contribution is -2.38. The molecule has 0 saturated heterocycles. The molecule has 0 spiro atoms. The molecule has 1 aliphatic heterocycles.